The average molecular weight is 380 g/mol. The molecule has 1 N–H and O–H groups in total. The van der Waals surface area contributed by atoms with Gasteiger partial charge >= 0.3 is 5.97 Å². The van der Waals surface area contributed by atoms with Gasteiger partial charge in [0.25, 0.3) is 11.6 Å². The first kappa shape index (κ1) is 20.2. The summed E-state index contributed by atoms with van der Waals surface area (Å²) in [6.45, 7) is 3.61. The molecular weight excluding hydrogens is 356 g/mol. The predicted octanol–water partition coefficient (Wildman–Crippen LogP) is 3.56. The van der Waals surface area contributed by atoms with E-state index >= 15 is 0 Å². The summed E-state index contributed by atoms with van der Waals surface area (Å²) >= 11 is 1.22. The van der Waals surface area contributed by atoms with Crippen LogP contribution in [0.25, 0.3) is 0 Å². The van der Waals surface area contributed by atoms with Crippen LogP contribution in [0, 0.1) is 16.0 Å². The van der Waals surface area contributed by atoms with Gasteiger partial charge < -0.3 is 10.1 Å². The highest BCUT2D eigenvalue weighted by molar-refractivity contribution is 7.98. The lowest BCUT2D eigenvalue weighted by atomic mass is 9.86. The number of benzene rings is 1. The molecule has 0 heterocycles. The second-order valence-electron chi connectivity index (χ2n) is 6.57. The fraction of sp³-hybridized carbons (Fsp3) is 0.556. The van der Waals surface area contributed by atoms with Crippen LogP contribution >= 0.6 is 11.8 Å². The summed E-state index contributed by atoms with van der Waals surface area (Å²) in [5.74, 6) is -0.690. The van der Waals surface area contributed by atoms with Gasteiger partial charge in [0.15, 0.2) is 6.10 Å². The van der Waals surface area contributed by atoms with Crippen molar-refractivity contribution in [2.75, 3.05) is 6.26 Å². The third kappa shape index (κ3) is 4.97. The first-order valence-corrected chi connectivity index (χ1v) is 9.89. The lowest BCUT2D eigenvalue weighted by Gasteiger charge is -2.30. The lowest BCUT2D eigenvalue weighted by Crippen LogP contribution is -2.45. The van der Waals surface area contributed by atoms with Crippen molar-refractivity contribution in [1.29, 1.82) is 0 Å². The quantitative estimate of drug-likeness (QED) is 0.351. The molecule has 142 valence electrons. The topological polar surface area (TPSA) is 98.5 Å². The number of nitrogens with zero attached hydrogens (tertiary/aromatic N) is 1. The maximum absolute atomic E-state index is 12.3. The number of carbonyl (C=O) groups is 2. The zero-order chi connectivity index (χ0) is 19.3. The maximum Gasteiger partial charge on any atom is 0.339 e. The van der Waals surface area contributed by atoms with Crippen molar-refractivity contribution < 1.29 is 19.2 Å². The van der Waals surface area contributed by atoms with Gasteiger partial charge in [0.1, 0.15) is 0 Å². The second kappa shape index (κ2) is 9.02. The van der Waals surface area contributed by atoms with Crippen LogP contribution in [0.3, 0.4) is 0 Å². The number of rotatable bonds is 6. The average Bonchev–Trinajstić information content (AvgIpc) is 2.62. The van der Waals surface area contributed by atoms with Crippen molar-refractivity contribution in [2.24, 2.45) is 5.92 Å². The van der Waals surface area contributed by atoms with E-state index in [1.165, 1.54) is 43.3 Å². The van der Waals surface area contributed by atoms with Gasteiger partial charge in [-0.25, -0.2) is 4.79 Å². The standard InChI is InChI=1S/C18H24N2O5S/c1-11-6-4-5-7-14(11)19-17(21)12(2)25-18(22)13-8-9-16(26-3)15(10-13)20(23)24/h8-12,14H,4-7H2,1-3H3,(H,19,21)/t11-,12-,14-/m1/s1. The number of amides is 1. The molecule has 26 heavy (non-hydrogen) atoms. The molecular formula is C18H24N2O5S. The van der Waals surface area contributed by atoms with Crippen LogP contribution in [-0.2, 0) is 9.53 Å². The van der Waals surface area contributed by atoms with Crippen molar-refractivity contribution in [2.45, 2.75) is 56.6 Å². The van der Waals surface area contributed by atoms with Gasteiger partial charge in [-0.3, -0.25) is 14.9 Å². The molecule has 1 aromatic rings. The molecule has 0 unspecified atom stereocenters. The number of hydrogen-bond acceptors (Lipinski definition) is 6. The number of thioether (sulfide) groups is 1. The van der Waals surface area contributed by atoms with Gasteiger partial charge in [0.05, 0.1) is 15.4 Å². The molecule has 0 bridgehead atoms. The Bertz CT molecular complexity index is 694. The minimum atomic E-state index is -0.962. The van der Waals surface area contributed by atoms with Crippen LogP contribution < -0.4 is 5.32 Å². The number of nitrogens with one attached hydrogen (secondary N) is 1. The molecule has 0 radical (unpaired) electrons. The Kier molecular flexibility index (Phi) is 7.02. The molecule has 1 aliphatic carbocycles. The summed E-state index contributed by atoms with van der Waals surface area (Å²) in [5.41, 5.74) is -0.0970. The molecule has 1 aromatic carbocycles. The minimum absolute atomic E-state index is 0.0557. The molecule has 1 fully saturated rings. The van der Waals surface area contributed by atoms with E-state index in [1.807, 2.05) is 0 Å². The largest absolute Gasteiger partial charge is 0.449 e. The highest BCUT2D eigenvalue weighted by Crippen LogP contribution is 2.28. The van der Waals surface area contributed by atoms with Gasteiger partial charge in [-0.2, -0.15) is 0 Å². The molecule has 1 saturated carbocycles. The molecule has 3 atom stereocenters. The molecule has 8 heteroatoms. The summed E-state index contributed by atoms with van der Waals surface area (Å²) in [7, 11) is 0. The molecule has 0 saturated heterocycles. The van der Waals surface area contributed by atoms with Crippen molar-refractivity contribution in [3.05, 3.63) is 33.9 Å². The summed E-state index contributed by atoms with van der Waals surface area (Å²) in [5, 5.41) is 14.1. The Morgan fingerprint density at radius 3 is 2.65 bits per heavy atom. The van der Waals surface area contributed by atoms with E-state index < -0.39 is 17.0 Å². The number of ether oxygens (including phenoxy) is 1. The first-order chi connectivity index (χ1) is 12.3. The van der Waals surface area contributed by atoms with E-state index in [-0.39, 0.29) is 23.2 Å². The van der Waals surface area contributed by atoms with Crippen LogP contribution in [0.5, 0.6) is 0 Å². The van der Waals surface area contributed by atoms with Gasteiger partial charge in [-0.05, 0) is 44.1 Å². The predicted molar refractivity (Wildman–Crippen MR) is 99.3 cm³/mol. The maximum atomic E-state index is 12.3. The minimum Gasteiger partial charge on any atom is -0.449 e. The summed E-state index contributed by atoms with van der Waals surface area (Å²) in [6, 6.07) is 4.25. The summed E-state index contributed by atoms with van der Waals surface area (Å²) in [6.07, 6.45) is 5.01. The van der Waals surface area contributed by atoms with Gasteiger partial charge in [0, 0.05) is 12.1 Å². The number of esters is 1. The lowest BCUT2D eigenvalue weighted by molar-refractivity contribution is -0.387. The third-order valence-corrected chi connectivity index (χ3v) is 5.49. The Morgan fingerprint density at radius 2 is 2.04 bits per heavy atom. The Hall–Kier alpha value is -2.09. The van der Waals surface area contributed by atoms with Crippen molar-refractivity contribution in [3.8, 4) is 0 Å². The smallest absolute Gasteiger partial charge is 0.339 e. The SMILES string of the molecule is CSc1ccc(C(=O)O[C@H](C)C(=O)N[C@@H]2CCCC[C@H]2C)cc1[N+](=O)[O-]. The molecule has 0 spiro atoms. The van der Waals surface area contributed by atoms with E-state index in [0.717, 1.165) is 19.3 Å². The Labute approximate surface area is 157 Å². The van der Waals surface area contributed by atoms with Gasteiger partial charge in [0.2, 0.25) is 0 Å². The first-order valence-electron chi connectivity index (χ1n) is 8.67. The Morgan fingerprint density at radius 1 is 1.35 bits per heavy atom. The van der Waals surface area contributed by atoms with E-state index in [4.69, 9.17) is 4.74 Å². The van der Waals surface area contributed by atoms with E-state index in [0.29, 0.717) is 10.8 Å². The molecule has 1 aliphatic rings. The van der Waals surface area contributed by atoms with Crippen LogP contribution in [0.15, 0.2) is 23.1 Å². The van der Waals surface area contributed by atoms with E-state index in [9.17, 15) is 19.7 Å². The highest BCUT2D eigenvalue weighted by Gasteiger charge is 2.27. The third-order valence-electron chi connectivity index (χ3n) is 4.70. The second-order valence-corrected chi connectivity index (χ2v) is 7.42. The fourth-order valence-electron chi connectivity index (χ4n) is 3.07. The van der Waals surface area contributed by atoms with Gasteiger partial charge in [-0.1, -0.05) is 19.8 Å². The molecule has 0 aliphatic heterocycles. The van der Waals surface area contributed by atoms with Crippen LogP contribution in [0.2, 0.25) is 0 Å². The van der Waals surface area contributed by atoms with Crippen molar-refractivity contribution in [1.82, 2.24) is 5.32 Å². The van der Waals surface area contributed by atoms with E-state index in [1.54, 1.807) is 6.26 Å². The summed E-state index contributed by atoms with van der Waals surface area (Å²) in [4.78, 5) is 35.6. The number of nitro benzene ring substituents is 1. The Balaban J connectivity index is 2.01. The number of carbonyl (C=O) groups excluding carboxylic acids is 2. The number of nitro groups is 1. The number of hydrogen-bond donors (Lipinski definition) is 1. The molecule has 7 nitrogen and oxygen atoms in total. The highest BCUT2D eigenvalue weighted by atomic mass is 32.2. The molecule has 0 aromatic heterocycles. The zero-order valence-corrected chi connectivity index (χ0v) is 16.0. The van der Waals surface area contributed by atoms with E-state index in [2.05, 4.69) is 12.2 Å². The molecule has 2 rings (SSSR count). The van der Waals surface area contributed by atoms with Crippen molar-refractivity contribution in [3.63, 3.8) is 0 Å². The summed E-state index contributed by atoms with van der Waals surface area (Å²) < 4.78 is 5.20. The van der Waals surface area contributed by atoms with Crippen molar-refractivity contribution >= 4 is 29.3 Å². The zero-order valence-electron chi connectivity index (χ0n) is 15.2. The van der Waals surface area contributed by atoms with Crippen LogP contribution in [0.1, 0.15) is 49.9 Å². The normalized spacial score (nSPS) is 20.9. The van der Waals surface area contributed by atoms with Crippen LogP contribution in [0.4, 0.5) is 5.69 Å². The van der Waals surface area contributed by atoms with Gasteiger partial charge in [-0.15, -0.1) is 11.8 Å². The van der Waals surface area contributed by atoms with Crippen LogP contribution in [-0.4, -0.2) is 35.2 Å². The monoisotopic (exact) mass is 380 g/mol. The fourth-order valence-corrected chi connectivity index (χ4v) is 3.62. The molecule has 1 amide bonds.